The van der Waals surface area contributed by atoms with Gasteiger partial charge in [0.2, 0.25) is 0 Å². The fraction of sp³-hybridized carbons (Fsp3) is 0.324. The summed E-state index contributed by atoms with van der Waals surface area (Å²) < 4.78 is 8.85. The second kappa shape index (κ2) is 8.15. The molecule has 2 aliphatic heterocycles. The minimum atomic E-state index is -0.167. The maximum atomic E-state index is 14.5. The summed E-state index contributed by atoms with van der Waals surface area (Å²) in [6.07, 6.45) is 0. The molecule has 2 aliphatic rings. The van der Waals surface area contributed by atoms with Crippen molar-refractivity contribution in [2.45, 2.75) is 78.6 Å². The Kier molecular flexibility index (Phi) is 5.20. The van der Waals surface area contributed by atoms with Crippen molar-refractivity contribution in [1.82, 2.24) is 4.57 Å². The molecule has 206 valence electrons. The van der Waals surface area contributed by atoms with Crippen molar-refractivity contribution in [3.05, 3.63) is 93.8 Å². The maximum absolute atomic E-state index is 14.5. The second-order valence-corrected chi connectivity index (χ2v) is 15.1. The molecule has 0 bridgehead atoms. The van der Waals surface area contributed by atoms with Crippen LogP contribution in [0.15, 0.2) is 71.5 Å². The Morgan fingerprint density at radius 1 is 0.659 bits per heavy atom. The molecule has 0 amide bonds. The standard InChI is InChI=1S/C37H38BNO2/c1-35(2,3)21-14-16-26-28(18-21)39-33-31(23-12-10-11-13-24(23)34(39)40)25(37(7,8)9)20-30-32(33)38(26)27-17-15-22(36(4,5)6)19-29(27)41-30/h10-20H,1-9H3. The summed E-state index contributed by atoms with van der Waals surface area (Å²) in [7, 11) is 0. The molecule has 0 unspecified atom stereocenters. The molecular weight excluding hydrogens is 501 g/mol. The summed E-state index contributed by atoms with van der Waals surface area (Å²) in [5, 5.41) is 2.92. The molecule has 0 N–H and O–H groups in total. The van der Waals surface area contributed by atoms with Crippen molar-refractivity contribution >= 4 is 44.8 Å². The molecule has 5 aromatic rings. The van der Waals surface area contributed by atoms with Gasteiger partial charge in [-0.1, -0.05) is 105 Å². The monoisotopic (exact) mass is 539 g/mol. The smallest absolute Gasteiger partial charge is 0.263 e. The van der Waals surface area contributed by atoms with E-state index in [1.165, 1.54) is 16.7 Å². The molecular formula is C37H38BNO2. The van der Waals surface area contributed by atoms with Gasteiger partial charge in [-0.2, -0.15) is 0 Å². The fourth-order valence-electron chi connectivity index (χ4n) is 6.83. The predicted molar refractivity (Wildman–Crippen MR) is 174 cm³/mol. The number of aromatic nitrogens is 1. The molecule has 0 fully saturated rings. The van der Waals surface area contributed by atoms with Crippen LogP contribution in [0.4, 0.5) is 0 Å². The normalized spacial score (nSPS) is 14.2. The van der Waals surface area contributed by atoms with Gasteiger partial charge in [-0.25, -0.2) is 0 Å². The van der Waals surface area contributed by atoms with Crippen LogP contribution in [-0.2, 0) is 16.2 Å². The molecule has 3 heterocycles. The average Bonchev–Trinajstić information content (AvgIpc) is 2.90. The summed E-state index contributed by atoms with van der Waals surface area (Å²) >= 11 is 0. The van der Waals surface area contributed by atoms with E-state index in [4.69, 9.17) is 4.74 Å². The highest BCUT2D eigenvalue weighted by Crippen LogP contribution is 2.41. The quantitative estimate of drug-likeness (QED) is 0.154. The minimum absolute atomic E-state index is 0.00407. The highest BCUT2D eigenvalue weighted by Gasteiger charge is 2.42. The first-order valence-electron chi connectivity index (χ1n) is 14.8. The number of ether oxygens (including phenoxy) is 1. The third-order valence-corrected chi connectivity index (χ3v) is 9.11. The number of nitrogens with zero attached hydrogens (tertiary/aromatic N) is 1. The van der Waals surface area contributed by atoms with E-state index in [-0.39, 0.29) is 28.5 Å². The first kappa shape index (κ1) is 26.1. The Labute approximate surface area is 243 Å². The zero-order chi connectivity index (χ0) is 29.2. The Balaban J connectivity index is 1.72. The third kappa shape index (κ3) is 3.69. The summed E-state index contributed by atoms with van der Waals surface area (Å²) in [5.74, 6) is 1.77. The van der Waals surface area contributed by atoms with Crippen molar-refractivity contribution in [1.29, 1.82) is 0 Å². The van der Waals surface area contributed by atoms with E-state index in [0.29, 0.717) is 0 Å². The van der Waals surface area contributed by atoms with Crippen LogP contribution in [0.2, 0.25) is 0 Å². The van der Waals surface area contributed by atoms with Crippen LogP contribution < -0.4 is 26.7 Å². The lowest BCUT2D eigenvalue weighted by Gasteiger charge is -2.37. The summed E-state index contributed by atoms with van der Waals surface area (Å²) in [5.41, 5.74) is 8.87. The van der Waals surface area contributed by atoms with Crippen LogP contribution in [0.1, 0.15) is 79.0 Å². The molecule has 7 rings (SSSR count). The first-order chi connectivity index (χ1) is 19.2. The molecule has 0 atom stereocenters. The maximum Gasteiger partial charge on any atom is 0.263 e. The molecule has 4 aromatic carbocycles. The number of benzene rings is 4. The first-order valence-corrected chi connectivity index (χ1v) is 14.8. The van der Waals surface area contributed by atoms with Gasteiger partial charge in [0, 0.05) is 16.5 Å². The van der Waals surface area contributed by atoms with Gasteiger partial charge in [-0.15, -0.1) is 0 Å². The lowest BCUT2D eigenvalue weighted by Crippen LogP contribution is -2.59. The Hall–Kier alpha value is -3.79. The van der Waals surface area contributed by atoms with Crippen LogP contribution in [-0.4, -0.2) is 11.3 Å². The van der Waals surface area contributed by atoms with Crippen molar-refractivity contribution in [2.24, 2.45) is 0 Å². The molecule has 1 aromatic heterocycles. The number of rotatable bonds is 0. The van der Waals surface area contributed by atoms with Crippen molar-refractivity contribution in [3.8, 4) is 17.2 Å². The molecule has 41 heavy (non-hydrogen) atoms. The van der Waals surface area contributed by atoms with Crippen molar-refractivity contribution in [3.63, 3.8) is 0 Å². The van der Waals surface area contributed by atoms with E-state index >= 15 is 0 Å². The van der Waals surface area contributed by atoms with E-state index < -0.39 is 0 Å². The van der Waals surface area contributed by atoms with E-state index in [1.54, 1.807) is 0 Å². The lowest BCUT2D eigenvalue weighted by atomic mass is 9.34. The van der Waals surface area contributed by atoms with Crippen LogP contribution in [0.5, 0.6) is 11.5 Å². The number of pyridine rings is 1. The van der Waals surface area contributed by atoms with Crippen molar-refractivity contribution in [2.75, 3.05) is 0 Å². The van der Waals surface area contributed by atoms with Gasteiger partial charge < -0.3 is 4.74 Å². The third-order valence-electron chi connectivity index (χ3n) is 9.11. The summed E-state index contributed by atoms with van der Waals surface area (Å²) in [4.78, 5) is 14.5. The molecule has 0 radical (unpaired) electrons. The van der Waals surface area contributed by atoms with E-state index in [9.17, 15) is 4.79 Å². The number of hydrogen-bond acceptors (Lipinski definition) is 2. The van der Waals surface area contributed by atoms with Gasteiger partial charge in [-0.05, 0) is 79.0 Å². The highest BCUT2D eigenvalue weighted by atomic mass is 16.5. The molecule has 0 saturated heterocycles. The van der Waals surface area contributed by atoms with Crippen LogP contribution in [0.3, 0.4) is 0 Å². The molecule has 0 spiro atoms. The lowest BCUT2D eigenvalue weighted by molar-refractivity contribution is 0.480. The largest absolute Gasteiger partial charge is 0.458 e. The zero-order valence-electron chi connectivity index (χ0n) is 25.7. The van der Waals surface area contributed by atoms with Gasteiger partial charge in [0.1, 0.15) is 11.5 Å². The molecule has 3 nitrogen and oxygen atoms in total. The van der Waals surface area contributed by atoms with Gasteiger partial charge >= 0.3 is 0 Å². The summed E-state index contributed by atoms with van der Waals surface area (Å²) in [6.45, 7) is 20.2. The topological polar surface area (TPSA) is 31.2 Å². The molecule has 0 saturated carbocycles. The van der Waals surface area contributed by atoms with Crippen LogP contribution in [0, 0.1) is 0 Å². The van der Waals surface area contributed by atoms with E-state index in [2.05, 4.69) is 111 Å². The van der Waals surface area contributed by atoms with Crippen LogP contribution >= 0.6 is 0 Å². The zero-order valence-corrected chi connectivity index (χ0v) is 25.7. The Morgan fingerprint density at radius 2 is 1.27 bits per heavy atom. The Bertz CT molecular complexity index is 1990. The van der Waals surface area contributed by atoms with E-state index in [1.807, 2.05) is 22.8 Å². The van der Waals surface area contributed by atoms with E-state index in [0.717, 1.165) is 55.3 Å². The number of hydrogen-bond donors (Lipinski definition) is 0. The minimum Gasteiger partial charge on any atom is -0.458 e. The SMILES string of the molecule is CC(C)(C)c1ccc2c(c1)Oc1cc(C(C)(C)C)c3c4ccccc4c(=O)n4c3c1B2c1ccc(C(C)(C)C)cc1-4. The average molecular weight is 540 g/mol. The van der Waals surface area contributed by atoms with Crippen molar-refractivity contribution < 1.29 is 4.74 Å². The number of fused-ring (bicyclic) bond motifs is 7. The van der Waals surface area contributed by atoms with Gasteiger partial charge in [0.25, 0.3) is 12.3 Å². The van der Waals surface area contributed by atoms with Gasteiger partial charge in [-0.3, -0.25) is 9.36 Å². The van der Waals surface area contributed by atoms with Gasteiger partial charge in [0.05, 0.1) is 5.52 Å². The highest BCUT2D eigenvalue weighted by molar-refractivity contribution is 6.99. The van der Waals surface area contributed by atoms with Gasteiger partial charge in [0.15, 0.2) is 0 Å². The Morgan fingerprint density at radius 3 is 1.90 bits per heavy atom. The summed E-state index contributed by atoms with van der Waals surface area (Å²) in [6, 6.07) is 23.9. The molecule has 4 heteroatoms. The second-order valence-electron chi connectivity index (χ2n) is 15.1. The molecule has 0 aliphatic carbocycles. The van der Waals surface area contributed by atoms with Crippen LogP contribution in [0.25, 0.3) is 27.4 Å². The predicted octanol–water partition coefficient (Wildman–Crippen LogP) is 6.97. The fourth-order valence-corrected chi connectivity index (χ4v) is 6.83.